The van der Waals surface area contributed by atoms with E-state index in [2.05, 4.69) is 158 Å². The quantitative estimate of drug-likeness (QED) is 0.0560. The van der Waals surface area contributed by atoms with Crippen molar-refractivity contribution in [2.75, 3.05) is 53.2 Å². The molecule has 3 aromatic heterocycles. The van der Waals surface area contributed by atoms with Crippen molar-refractivity contribution in [2.24, 2.45) is 0 Å². The van der Waals surface area contributed by atoms with E-state index in [1.54, 1.807) is 68.1 Å². The minimum atomic E-state index is -0.459. The minimum absolute atomic E-state index is 0.0446. The molecule has 10 aromatic rings. The van der Waals surface area contributed by atoms with Gasteiger partial charge in [0.05, 0.1) is 33.9 Å². The van der Waals surface area contributed by atoms with Gasteiger partial charge in [0.25, 0.3) is 40.6 Å². The van der Waals surface area contributed by atoms with E-state index in [4.69, 9.17) is 9.47 Å². The van der Waals surface area contributed by atoms with Crippen molar-refractivity contribution in [3.63, 3.8) is 0 Å². The Kier molecular flexibility index (Phi) is 19.5. The maximum Gasteiger partial charge on any atom is 0.282 e. The zero-order chi connectivity index (χ0) is 64.0. The average molecular weight is 1600 g/mol. The van der Waals surface area contributed by atoms with Crippen LogP contribution in [0.5, 0.6) is 16.7 Å². The molecule has 4 aliphatic rings. The fraction of sp³-hybridized carbons (Fsp3) is 0.118. The van der Waals surface area contributed by atoms with Crippen LogP contribution in [0.15, 0.2) is 199 Å². The standard InChI is InChI=1S/C24H22IN5O2S.C24H18IN3O2.C20H14IN3O4S/c25-18-6-8-19(9-7-18)30-23(32)21(22(31)27-30)14-20-15-26-24(33-20)29-12-10-28(11-13-29)16-17-4-2-1-3-5-17;1-2-27-21-6-4-3-5-18(21)19-13-15(7-12-22(19)27)14-20-23(29)26-28(24(20)30)17-10-8-16(25)9-11-17;1-27-14-6-8-15(9-7-14)28-20-22-11-16(29-20)10-17-18(25)23-24(19(17)26)13-4-2-12(21)3-5-13/h1-9,14-15H,10-13,16H2,(H,27,31);3-14H,2H2,1H3,(H,26,29);2-11H,1H3,(H,23,25). The summed E-state index contributed by atoms with van der Waals surface area (Å²) in [6.07, 6.45) is 8.12. The maximum atomic E-state index is 12.9. The Balaban J connectivity index is 0.000000133. The molecule has 4 aliphatic heterocycles. The molecule has 0 aliphatic carbocycles. The average Bonchev–Trinajstić information content (AvgIpc) is 1.72. The molecule has 7 heterocycles. The van der Waals surface area contributed by atoms with Gasteiger partial charge >= 0.3 is 0 Å². The number of carbonyl (C=O) groups excluding carboxylic acids is 6. The molecule has 0 bridgehead atoms. The second kappa shape index (κ2) is 28.4. The van der Waals surface area contributed by atoms with Gasteiger partial charge in [-0.1, -0.05) is 77.3 Å². The first kappa shape index (κ1) is 63.3. The Morgan fingerprint density at radius 1 is 0.511 bits per heavy atom. The lowest BCUT2D eigenvalue weighted by atomic mass is 10.1. The van der Waals surface area contributed by atoms with Gasteiger partial charge in [0.2, 0.25) is 0 Å². The fourth-order valence-corrected chi connectivity index (χ4v) is 13.2. The van der Waals surface area contributed by atoms with Crippen molar-refractivity contribution >= 4 is 188 Å². The topological polar surface area (TPSA) is 204 Å². The van der Waals surface area contributed by atoms with Gasteiger partial charge in [0.15, 0.2) is 5.13 Å². The molecule has 7 aromatic carbocycles. The Morgan fingerprint density at radius 2 is 0.989 bits per heavy atom. The summed E-state index contributed by atoms with van der Waals surface area (Å²) in [6, 6.07) is 54.1. The van der Waals surface area contributed by atoms with E-state index < -0.39 is 23.6 Å². The van der Waals surface area contributed by atoms with E-state index in [0.717, 1.165) is 87.6 Å². The molecular formula is C68H54I3N11O8S2. The first-order chi connectivity index (χ1) is 44.7. The summed E-state index contributed by atoms with van der Waals surface area (Å²) in [5, 5.41) is 7.42. The van der Waals surface area contributed by atoms with E-state index in [-0.39, 0.29) is 28.5 Å². The summed E-state index contributed by atoms with van der Waals surface area (Å²) < 4.78 is 16.2. The predicted molar refractivity (Wildman–Crippen MR) is 385 cm³/mol. The molecule has 6 amide bonds. The van der Waals surface area contributed by atoms with Gasteiger partial charge < -0.3 is 18.9 Å². The molecule has 0 saturated carbocycles. The van der Waals surface area contributed by atoms with E-state index >= 15 is 0 Å². The molecule has 24 heteroatoms. The van der Waals surface area contributed by atoms with E-state index in [1.165, 1.54) is 54.9 Å². The van der Waals surface area contributed by atoms with Crippen molar-refractivity contribution in [2.45, 2.75) is 20.0 Å². The lowest BCUT2D eigenvalue weighted by Crippen LogP contribution is -2.45. The molecule has 0 radical (unpaired) electrons. The molecule has 462 valence electrons. The molecule has 0 unspecified atom stereocenters. The van der Waals surface area contributed by atoms with E-state index in [9.17, 15) is 28.8 Å². The summed E-state index contributed by atoms with van der Waals surface area (Å²) >= 11 is 9.31. The molecule has 14 rings (SSSR count). The van der Waals surface area contributed by atoms with Crippen LogP contribution in [0, 0.1) is 10.7 Å². The summed E-state index contributed by atoms with van der Waals surface area (Å²) in [4.78, 5) is 90.6. The number of benzene rings is 7. The number of ether oxygens (including phenoxy) is 2. The Labute approximate surface area is 577 Å². The van der Waals surface area contributed by atoms with Gasteiger partial charge in [-0.25, -0.2) is 25.0 Å². The van der Waals surface area contributed by atoms with E-state index in [0.29, 0.717) is 32.9 Å². The number of hydrazine groups is 3. The molecular weight excluding hydrogens is 1540 g/mol. The smallest absolute Gasteiger partial charge is 0.282 e. The van der Waals surface area contributed by atoms with Crippen LogP contribution in [0.25, 0.3) is 40.0 Å². The highest BCUT2D eigenvalue weighted by Gasteiger charge is 2.37. The molecule has 0 spiro atoms. The first-order valence-corrected chi connectivity index (χ1v) is 33.7. The minimum Gasteiger partial charge on any atom is -0.497 e. The normalized spacial score (nSPS) is 16.3. The number of anilines is 4. The van der Waals surface area contributed by atoms with Gasteiger partial charge in [0.1, 0.15) is 28.2 Å². The summed E-state index contributed by atoms with van der Waals surface area (Å²) in [7, 11) is 1.59. The van der Waals surface area contributed by atoms with Gasteiger partial charge in [-0.3, -0.25) is 49.9 Å². The zero-order valence-corrected chi connectivity index (χ0v) is 57.2. The fourth-order valence-electron chi connectivity index (χ4n) is 10.5. The van der Waals surface area contributed by atoms with Crippen molar-refractivity contribution < 1.29 is 38.2 Å². The van der Waals surface area contributed by atoms with Crippen molar-refractivity contribution in [1.29, 1.82) is 0 Å². The number of aryl methyl sites for hydroxylation is 1. The van der Waals surface area contributed by atoms with Crippen molar-refractivity contribution in [3.05, 3.63) is 231 Å². The number of hydrogen-bond acceptors (Lipinski definition) is 14. The number of rotatable bonds is 13. The van der Waals surface area contributed by atoms with Gasteiger partial charge in [-0.2, -0.15) is 0 Å². The lowest BCUT2D eigenvalue weighted by Gasteiger charge is -2.34. The largest absolute Gasteiger partial charge is 0.497 e. The van der Waals surface area contributed by atoms with Crippen LogP contribution in [0.1, 0.15) is 27.8 Å². The number of para-hydroxylation sites is 1. The maximum absolute atomic E-state index is 12.9. The van der Waals surface area contributed by atoms with Crippen LogP contribution in [0.3, 0.4) is 0 Å². The monoisotopic (exact) mass is 1600 g/mol. The van der Waals surface area contributed by atoms with Crippen molar-refractivity contribution in [1.82, 2.24) is 35.7 Å². The SMILES string of the molecule is CCn1c2ccccc2c2cc(C=C3C(=O)NN(c4ccc(I)cc4)C3=O)ccc21.COc1ccc(Oc2ncc(C=C3C(=O)NN(c4ccc(I)cc4)C3=O)s2)cc1.O=C1NN(c2ccc(I)cc2)C(=O)C1=Cc1cnc(N2CCN(Cc3ccccc3)CC2)s1. The summed E-state index contributed by atoms with van der Waals surface area (Å²) in [5.41, 5.74) is 14.5. The number of nitrogens with one attached hydrogen (secondary N) is 3. The Hall–Kier alpha value is -8.81. The first-order valence-electron chi connectivity index (χ1n) is 28.8. The number of hydrogen-bond donors (Lipinski definition) is 3. The second-order valence-corrected chi connectivity index (χ2v) is 26.8. The molecule has 92 heavy (non-hydrogen) atoms. The van der Waals surface area contributed by atoms with Crippen LogP contribution in [0.2, 0.25) is 0 Å². The molecule has 4 fully saturated rings. The van der Waals surface area contributed by atoms with Crippen molar-refractivity contribution in [3.8, 4) is 16.7 Å². The highest BCUT2D eigenvalue weighted by atomic mass is 127. The van der Waals surface area contributed by atoms with Crippen LogP contribution < -0.4 is 45.7 Å². The van der Waals surface area contributed by atoms with Crippen LogP contribution in [0.4, 0.5) is 22.2 Å². The number of amides is 6. The number of halogens is 3. The molecule has 0 atom stereocenters. The third kappa shape index (κ3) is 14.3. The number of fused-ring (bicyclic) bond motifs is 3. The third-order valence-electron chi connectivity index (χ3n) is 15.1. The number of piperazine rings is 1. The van der Waals surface area contributed by atoms with Gasteiger partial charge in [0, 0.05) is 84.2 Å². The van der Waals surface area contributed by atoms with Crippen LogP contribution in [-0.2, 0) is 41.9 Å². The summed E-state index contributed by atoms with van der Waals surface area (Å²) in [6.45, 7) is 7.69. The zero-order valence-electron chi connectivity index (χ0n) is 49.1. The summed E-state index contributed by atoms with van der Waals surface area (Å²) in [5.74, 6) is -1.04. The number of methoxy groups -OCH3 is 1. The number of nitrogens with zero attached hydrogens (tertiary/aromatic N) is 8. The number of carbonyl (C=O) groups is 6. The molecule has 3 N–H and O–H groups in total. The molecule has 19 nitrogen and oxygen atoms in total. The highest BCUT2D eigenvalue weighted by Crippen LogP contribution is 2.34. The Morgan fingerprint density at radius 3 is 1.52 bits per heavy atom. The number of thiazole rings is 2. The predicted octanol–water partition coefficient (Wildman–Crippen LogP) is 12.4. The van der Waals surface area contributed by atoms with Crippen LogP contribution in [-0.4, -0.2) is 88.2 Å². The van der Waals surface area contributed by atoms with Gasteiger partial charge in [-0.05, 0) is 219 Å². The second-order valence-electron chi connectivity index (χ2n) is 21.0. The van der Waals surface area contributed by atoms with E-state index in [1.807, 2.05) is 91.0 Å². The third-order valence-corrected chi connectivity index (χ3v) is 19.1. The lowest BCUT2D eigenvalue weighted by molar-refractivity contribution is -0.118. The highest BCUT2D eigenvalue weighted by molar-refractivity contribution is 14.1. The Bertz CT molecular complexity index is 4550. The van der Waals surface area contributed by atoms with Crippen LogP contribution >= 0.6 is 90.4 Å². The van der Waals surface area contributed by atoms with Gasteiger partial charge in [-0.15, -0.1) is 0 Å². The molecule has 4 saturated heterocycles. The number of aromatic nitrogens is 3.